The third kappa shape index (κ3) is 7.70. The fourth-order valence-corrected chi connectivity index (χ4v) is 3.32. The zero-order valence-corrected chi connectivity index (χ0v) is 15.2. The van der Waals surface area contributed by atoms with Crippen molar-refractivity contribution in [2.75, 3.05) is 0 Å². The third-order valence-electron chi connectivity index (χ3n) is 2.20. The Morgan fingerprint density at radius 3 is 2.00 bits per heavy atom. The van der Waals surface area contributed by atoms with Crippen LogP contribution in [0, 0.1) is 0 Å². The summed E-state index contributed by atoms with van der Waals surface area (Å²) >= 11 is 0. The molecule has 0 saturated heterocycles. The average Bonchev–Trinajstić information content (AvgIpc) is 2.32. The van der Waals surface area contributed by atoms with Crippen molar-refractivity contribution >= 4 is 13.8 Å². The first-order valence-electron chi connectivity index (χ1n) is 7.14. The van der Waals surface area contributed by atoms with E-state index < -0.39 is 25.0 Å². The van der Waals surface area contributed by atoms with Crippen LogP contribution >= 0.6 is 7.82 Å². The van der Waals surface area contributed by atoms with Gasteiger partial charge in [-0.25, -0.2) is 14.3 Å². The maximum atomic E-state index is 12.8. The molecule has 1 N–H and O–H groups in total. The minimum atomic E-state index is -3.80. The van der Waals surface area contributed by atoms with Crippen LogP contribution in [-0.4, -0.2) is 27.3 Å². The topological polar surface area (TPSA) is 95.0 Å². The lowest BCUT2D eigenvalue weighted by Gasteiger charge is -2.30. The standard InChI is InChI=1S/C15H24NO6P/c1-14(2,3)21-23(19,22-15(4,5)6)20-10-11-7-8-12(13(17)18)16-9-11/h7-9H,10H2,1-6H3,(H,17,18). The second-order valence-electron chi connectivity index (χ2n) is 6.98. The quantitative estimate of drug-likeness (QED) is 0.778. The van der Waals surface area contributed by atoms with E-state index in [9.17, 15) is 9.36 Å². The predicted octanol–water partition coefficient (Wildman–Crippen LogP) is 4.03. The van der Waals surface area contributed by atoms with E-state index in [4.69, 9.17) is 18.7 Å². The van der Waals surface area contributed by atoms with Crippen molar-refractivity contribution in [3.63, 3.8) is 0 Å². The van der Waals surface area contributed by atoms with Gasteiger partial charge in [-0.05, 0) is 53.2 Å². The van der Waals surface area contributed by atoms with E-state index >= 15 is 0 Å². The van der Waals surface area contributed by atoms with Crippen LogP contribution in [0.2, 0.25) is 0 Å². The summed E-state index contributed by atoms with van der Waals surface area (Å²) in [6, 6.07) is 2.89. The molecule has 1 aromatic rings. The molecule has 7 nitrogen and oxygen atoms in total. The second-order valence-corrected chi connectivity index (χ2v) is 8.50. The molecule has 130 valence electrons. The van der Waals surface area contributed by atoms with Crippen LogP contribution in [0.25, 0.3) is 0 Å². The molecule has 0 aliphatic carbocycles. The normalized spacial score (nSPS) is 13.1. The van der Waals surface area contributed by atoms with Gasteiger partial charge in [0.25, 0.3) is 0 Å². The zero-order valence-electron chi connectivity index (χ0n) is 14.3. The van der Waals surface area contributed by atoms with E-state index in [1.165, 1.54) is 18.3 Å². The number of carbonyl (C=O) groups is 1. The lowest BCUT2D eigenvalue weighted by molar-refractivity contribution is 0.000785. The van der Waals surface area contributed by atoms with Gasteiger partial charge in [0.1, 0.15) is 5.69 Å². The van der Waals surface area contributed by atoms with Gasteiger partial charge >= 0.3 is 13.8 Å². The molecular formula is C15H24NO6P. The first-order chi connectivity index (χ1) is 10.3. The van der Waals surface area contributed by atoms with Crippen molar-refractivity contribution in [1.29, 1.82) is 0 Å². The Morgan fingerprint density at radius 2 is 1.65 bits per heavy atom. The number of nitrogens with zero attached hydrogens (tertiary/aromatic N) is 1. The van der Waals surface area contributed by atoms with E-state index in [0.29, 0.717) is 5.56 Å². The number of carboxylic acids is 1. The zero-order chi connectivity index (χ0) is 17.9. The minimum Gasteiger partial charge on any atom is -0.477 e. The third-order valence-corrected chi connectivity index (χ3v) is 4.19. The molecule has 0 aliphatic rings. The maximum absolute atomic E-state index is 12.8. The Balaban J connectivity index is 2.85. The van der Waals surface area contributed by atoms with E-state index in [2.05, 4.69) is 4.98 Å². The smallest absolute Gasteiger partial charge is 0.476 e. The second kappa shape index (κ2) is 7.09. The Kier molecular flexibility index (Phi) is 6.10. The predicted molar refractivity (Wildman–Crippen MR) is 85.3 cm³/mol. The Labute approximate surface area is 136 Å². The summed E-state index contributed by atoms with van der Waals surface area (Å²) in [7, 11) is -3.80. The minimum absolute atomic E-state index is 0.0731. The SMILES string of the molecule is CC(C)(C)OP(=O)(OCc1ccc(C(=O)O)nc1)OC(C)(C)C. The van der Waals surface area contributed by atoms with Crippen LogP contribution in [0.15, 0.2) is 18.3 Å². The monoisotopic (exact) mass is 345 g/mol. The van der Waals surface area contributed by atoms with Gasteiger partial charge in [-0.1, -0.05) is 6.07 Å². The van der Waals surface area contributed by atoms with Crippen molar-refractivity contribution in [2.45, 2.75) is 59.4 Å². The van der Waals surface area contributed by atoms with Crippen molar-refractivity contribution in [3.8, 4) is 0 Å². The molecule has 0 atom stereocenters. The molecule has 0 bridgehead atoms. The number of aromatic carboxylic acids is 1. The van der Waals surface area contributed by atoms with Gasteiger partial charge in [-0.2, -0.15) is 0 Å². The highest BCUT2D eigenvalue weighted by atomic mass is 31.2. The summed E-state index contributed by atoms with van der Waals surface area (Å²) in [6.07, 6.45) is 1.35. The highest BCUT2D eigenvalue weighted by molar-refractivity contribution is 7.48. The maximum Gasteiger partial charge on any atom is 0.476 e. The average molecular weight is 345 g/mol. The summed E-state index contributed by atoms with van der Waals surface area (Å²) in [5.74, 6) is -1.12. The van der Waals surface area contributed by atoms with E-state index in [1.54, 1.807) is 41.5 Å². The lowest BCUT2D eigenvalue weighted by Crippen LogP contribution is -2.24. The highest BCUT2D eigenvalue weighted by Crippen LogP contribution is 2.55. The Bertz CT molecular complexity index is 565. The number of hydrogen-bond donors (Lipinski definition) is 1. The van der Waals surface area contributed by atoms with Gasteiger partial charge in [0.05, 0.1) is 17.8 Å². The van der Waals surface area contributed by atoms with Crippen LogP contribution in [0.5, 0.6) is 0 Å². The number of phosphoric acid groups is 1. The van der Waals surface area contributed by atoms with Crippen molar-refractivity contribution < 1.29 is 28.0 Å². The van der Waals surface area contributed by atoms with Gasteiger partial charge in [0.2, 0.25) is 0 Å². The molecule has 0 spiro atoms. The highest BCUT2D eigenvalue weighted by Gasteiger charge is 2.37. The van der Waals surface area contributed by atoms with Crippen molar-refractivity contribution in [1.82, 2.24) is 4.98 Å². The van der Waals surface area contributed by atoms with Crippen LogP contribution in [0.1, 0.15) is 57.6 Å². The molecular weight excluding hydrogens is 321 g/mol. The molecule has 8 heteroatoms. The van der Waals surface area contributed by atoms with Crippen molar-refractivity contribution in [3.05, 3.63) is 29.6 Å². The first kappa shape index (κ1) is 19.8. The summed E-state index contributed by atoms with van der Waals surface area (Å²) in [6.45, 7) is 10.4. The molecule has 23 heavy (non-hydrogen) atoms. The number of carboxylic acid groups (broad SMARTS) is 1. The molecule has 0 fully saturated rings. The number of phosphoric ester groups is 1. The fourth-order valence-electron chi connectivity index (χ4n) is 1.53. The number of hydrogen-bond acceptors (Lipinski definition) is 6. The fraction of sp³-hybridized carbons (Fsp3) is 0.600. The molecule has 0 aliphatic heterocycles. The number of rotatable bonds is 6. The molecule has 0 unspecified atom stereocenters. The van der Waals surface area contributed by atoms with E-state index in [1.807, 2.05) is 0 Å². The number of pyridine rings is 1. The first-order valence-corrected chi connectivity index (χ1v) is 8.60. The molecule has 1 rings (SSSR count). The summed E-state index contributed by atoms with van der Waals surface area (Å²) < 4.78 is 29.2. The van der Waals surface area contributed by atoms with Crippen LogP contribution < -0.4 is 0 Å². The van der Waals surface area contributed by atoms with E-state index in [-0.39, 0.29) is 12.3 Å². The Hall–Kier alpha value is -1.27. The molecule has 1 heterocycles. The van der Waals surface area contributed by atoms with Crippen LogP contribution in [0.3, 0.4) is 0 Å². The largest absolute Gasteiger partial charge is 0.477 e. The molecule has 1 aromatic heterocycles. The summed E-state index contributed by atoms with van der Waals surface area (Å²) in [4.78, 5) is 14.5. The summed E-state index contributed by atoms with van der Waals surface area (Å²) in [5.41, 5.74) is -0.947. The van der Waals surface area contributed by atoms with Crippen LogP contribution in [-0.2, 0) is 24.7 Å². The van der Waals surface area contributed by atoms with Gasteiger partial charge in [-0.15, -0.1) is 0 Å². The van der Waals surface area contributed by atoms with Crippen molar-refractivity contribution in [2.24, 2.45) is 0 Å². The molecule has 0 amide bonds. The molecule has 0 saturated carbocycles. The van der Waals surface area contributed by atoms with Gasteiger partial charge < -0.3 is 5.11 Å². The molecule has 0 aromatic carbocycles. The van der Waals surface area contributed by atoms with Gasteiger partial charge in [-0.3, -0.25) is 13.6 Å². The van der Waals surface area contributed by atoms with Crippen LogP contribution in [0.4, 0.5) is 0 Å². The Morgan fingerprint density at radius 1 is 1.13 bits per heavy atom. The van der Waals surface area contributed by atoms with E-state index in [0.717, 1.165) is 0 Å². The lowest BCUT2D eigenvalue weighted by atomic mass is 10.2. The van der Waals surface area contributed by atoms with Gasteiger partial charge in [0, 0.05) is 6.20 Å². The summed E-state index contributed by atoms with van der Waals surface area (Å²) in [5, 5.41) is 8.81. The molecule has 0 radical (unpaired) electrons. The number of aromatic nitrogens is 1. The van der Waals surface area contributed by atoms with Gasteiger partial charge in [0.15, 0.2) is 0 Å².